The van der Waals surface area contributed by atoms with E-state index in [1.807, 2.05) is 18.2 Å². The van der Waals surface area contributed by atoms with Gasteiger partial charge in [-0.1, -0.05) is 13.0 Å². The highest BCUT2D eigenvalue weighted by atomic mass is 15.0. The van der Waals surface area contributed by atoms with Crippen molar-refractivity contribution in [3.63, 3.8) is 0 Å². The van der Waals surface area contributed by atoms with Gasteiger partial charge in [-0.25, -0.2) is 4.98 Å². The third-order valence-electron chi connectivity index (χ3n) is 2.39. The van der Waals surface area contributed by atoms with Crippen LogP contribution in [0.15, 0.2) is 36.8 Å². The Morgan fingerprint density at radius 2 is 1.94 bits per heavy atom. The second-order valence-electron chi connectivity index (χ2n) is 3.78. The maximum atomic E-state index is 4.36. The van der Waals surface area contributed by atoms with Gasteiger partial charge in [0, 0.05) is 37.3 Å². The maximum absolute atomic E-state index is 4.36. The third-order valence-corrected chi connectivity index (χ3v) is 2.39. The molecule has 2 rings (SSSR count). The van der Waals surface area contributed by atoms with Gasteiger partial charge in [-0.05, 0) is 18.6 Å². The first kappa shape index (κ1) is 11.5. The fourth-order valence-corrected chi connectivity index (χ4v) is 1.56. The standard InChI is InChI=1S/C13H16N4/c1-2-6-16-13-12(15-8-9-17-13)10-11-5-3-4-7-14-11/h3-5,7-9H,2,6,10H2,1H3,(H,16,17). The van der Waals surface area contributed by atoms with Gasteiger partial charge < -0.3 is 5.32 Å². The Kier molecular flexibility index (Phi) is 4.02. The summed E-state index contributed by atoms with van der Waals surface area (Å²) in [6.07, 6.45) is 7.00. The van der Waals surface area contributed by atoms with Crippen molar-refractivity contribution >= 4 is 5.82 Å². The molecule has 0 saturated heterocycles. The van der Waals surface area contributed by atoms with Crippen molar-refractivity contribution < 1.29 is 0 Å². The molecule has 0 unspecified atom stereocenters. The molecule has 0 bridgehead atoms. The molecule has 0 aliphatic heterocycles. The summed E-state index contributed by atoms with van der Waals surface area (Å²) in [5.41, 5.74) is 1.95. The summed E-state index contributed by atoms with van der Waals surface area (Å²) >= 11 is 0. The van der Waals surface area contributed by atoms with Gasteiger partial charge in [-0.3, -0.25) is 9.97 Å². The average Bonchev–Trinajstić information content (AvgIpc) is 2.39. The van der Waals surface area contributed by atoms with E-state index < -0.39 is 0 Å². The molecule has 1 N–H and O–H groups in total. The minimum absolute atomic E-state index is 0.709. The van der Waals surface area contributed by atoms with Crippen LogP contribution in [0.5, 0.6) is 0 Å². The van der Waals surface area contributed by atoms with Gasteiger partial charge in [0.1, 0.15) is 5.82 Å². The van der Waals surface area contributed by atoms with Gasteiger partial charge in [0.05, 0.1) is 5.69 Å². The SMILES string of the molecule is CCCNc1nccnc1Cc1ccccn1. The first-order chi connectivity index (χ1) is 8.40. The summed E-state index contributed by atoms with van der Waals surface area (Å²) in [5.74, 6) is 0.861. The van der Waals surface area contributed by atoms with Crippen molar-refractivity contribution in [2.75, 3.05) is 11.9 Å². The van der Waals surface area contributed by atoms with Crippen molar-refractivity contribution in [1.82, 2.24) is 15.0 Å². The van der Waals surface area contributed by atoms with E-state index in [0.29, 0.717) is 6.42 Å². The van der Waals surface area contributed by atoms with Crippen LogP contribution in [0, 0.1) is 0 Å². The topological polar surface area (TPSA) is 50.7 Å². The zero-order chi connectivity index (χ0) is 11.9. The quantitative estimate of drug-likeness (QED) is 0.853. The Hall–Kier alpha value is -1.97. The summed E-state index contributed by atoms with van der Waals surface area (Å²) in [7, 11) is 0. The lowest BCUT2D eigenvalue weighted by atomic mass is 10.2. The Morgan fingerprint density at radius 1 is 1.06 bits per heavy atom. The zero-order valence-electron chi connectivity index (χ0n) is 9.93. The summed E-state index contributed by atoms with van der Waals surface area (Å²) in [6, 6.07) is 5.90. The molecule has 0 saturated carbocycles. The van der Waals surface area contributed by atoms with Gasteiger partial charge in [0.2, 0.25) is 0 Å². The van der Waals surface area contributed by atoms with Gasteiger partial charge in [-0.2, -0.15) is 0 Å². The molecule has 0 spiro atoms. The van der Waals surface area contributed by atoms with Crippen molar-refractivity contribution in [2.45, 2.75) is 19.8 Å². The Labute approximate surface area is 101 Å². The molecule has 2 aromatic heterocycles. The molecule has 0 atom stereocenters. The van der Waals surface area contributed by atoms with Gasteiger partial charge >= 0.3 is 0 Å². The van der Waals surface area contributed by atoms with E-state index in [9.17, 15) is 0 Å². The van der Waals surface area contributed by atoms with Crippen molar-refractivity contribution in [1.29, 1.82) is 0 Å². The highest BCUT2D eigenvalue weighted by molar-refractivity contribution is 5.41. The van der Waals surface area contributed by atoms with Crippen LogP contribution in [0.4, 0.5) is 5.82 Å². The molecular formula is C13H16N4. The van der Waals surface area contributed by atoms with Crippen LogP contribution >= 0.6 is 0 Å². The van der Waals surface area contributed by atoms with E-state index in [1.165, 1.54) is 0 Å². The molecule has 4 nitrogen and oxygen atoms in total. The molecule has 4 heteroatoms. The summed E-state index contributed by atoms with van der Waals surface area (Å²) < 4.78 is 0. The lowest BCUT2D eigenvalue weighted by molar-refractivity contribution is 0.935. The lowest BCUT2D eigenvalue weighted by Crippen LogP contribution is -2.07. The molecule has 0 aliphatic carbocycles. The number of rotatable bonds is 5. The first-order valence-corrected chi connectivity index (χ1v) is 5.84. The second kappa shape index (κ2) is 5.94. The molecule has 2 heterocycles. The van der Waals surface area contributed by atoms with E-state index in [0.717, 1.165) is 30.2 Å². The maximum Gasteiger partial charge on any atom is 0.148 e. The van der Waals surface area contributed by atoms with Gasteiger partial charge in [0.15, 0.2) is 0 Å². The first-order valence-electron chi connectivity index (χ1n) is 5.84. The summed E-state index contributed by atoms with van der Waals surface area (Å²) in [6.45, 7) is 3.04. The smallest absolute Gasteiger partial charge is 0.148 e. The fourth-order valence-electron chi connectivity index (χ4n) is 1.56. The predicted molar refractivity (Wildman–Crippen MR) is 67.9 cm³/mol. The van der Waals surface area contributed by atoms with Crippen LogP contribution in [0.1, 0.15) is 24.7 Å². The van der Waals surface area contributed by atoms with Crippen molar-refractivity contribution in [3.8, 4) is 0 Å². The molecule has 17 heavy (non-hydrogen) atoms. The number of hydrogen-bond acceptors (Lipinski definition) is 4. The number of anilines is 1. The van der Waals surface area contributed by atoms with Gasteiger partial charge in [-0.15, -0.1) is 0 Å². The molecular weight excluding hydrogens is 212 g/mol. The molecule has 2 aromatic rings. The monoisotopic (exact) mass is 228 g/mol. The molecule has 0 aliphatic rings. The normalized spacial score (nSPS) is 10.2. The molecule has 0 aromatic carbocycles. The Bertz CT molecular complexity index is 456. The molecule has 0 amide bonds. The third kappa shape index (κ3) is 3.24. The van der Waals surface area contributed by atoms with E-state index in [4.69, 9.17) is 0 Å². The van der Waals surface area contributed by atoms with Crippen LogP contribution < -0.4 is 5.32 Å². The minimum Gasteiger partial charge on any atom is -0.369 e. The summed E-state index contributed by atoms with van der Waals surface area (Å²) in [5, 5.41) is 3.28. The van der Waals surface area contributed by atoms with Crippen LogP contribution in [-0.2, 0) is 6.42 Å². The highest BCUT2D eigenvalue weighted by Gasteiger charge is 2.05. The lowest BCUT2D eigenvalue weighted by Gasteiger charge is -2.08. The van der Waals surface area contributed by atoms with Crippen molar-refractivity contribution in [3.05, 3.63) is 48.2 Å². The highest BCUT2D eigenvalue weighted by Crippen LogP contribution is 2.12. The number of nitrogens with zero attached hydrogens (tertiary/aromatic N) is 3. The Morgan fingerprint density at radius 3 is 2.71 bits per heavy atom. The Balaban J connectivity index is 2.15. The van der Waals surface area contributed by atoms with Crippen LogP contribution in [0.2, 0.25) is 0 Å². The number of nitrogens with one attached hydrogen (secondary N) is 1. The predicted octanol–water partition coefficient (Wildman–Crippen LogP) is 2.28. The molecule has 88 valence electrons. The second-order valence-corrected chi connectivity index (χ2v) is 3.78. The van der Waals surface area contributed by atoms with E-state index in [2.05, 4.69) is 27.2 Å². The largest absolute Gasteiger partial charge is 0.369 e. The van der Waals surface area contributed by atoms with E-state index in [1.54, 1.807) is 18.6 Å². The van der Waals surface area contributed by atoms with E-state index >= 15 is 0 Å². The minimum atomic E-state index is 0.709. The number of pyridine rings is 1. The van der Waals surface area contributed by atoms with E-state index in [-0.39, 0.29) is 0 Å². The molecule has 0 fully saturated rings. The zero-order valence-corrected chi connectivity index (χ0v) is 9.93. The van der Waals surface area contributed by atoms with Crippen molar-refractivity contribution in [2.24, 2.45) is 0 Å². The molecule has 0 radical (unpaired) electrons. The van der Waals surface area contributed by atoms with Gasteiger partial charge in [0.25, 0.3) is 0 Å². The summed E-state index contributed by atoms with van der Waals surface area (Å²) in [4.78, 5) is 13.0. The van der Waals surface area contributed by atoms with Crippen LogP contribution in [0.25, 0.3) is 0 Å². The average molecular weight is 228 g/mol. The number of hydrogen-bond donors (Lipinski definition) is 1. The fraction of sp³-hybridized carbons (Fsp3) is 0.308. The van der Waals surface area contributed by atoms with Crippen LogP contribution in [-0.4, -0.2) is 21.5 Å². The van der Waals surface area contributed by atoms with Crippen LogP contribution in [0.3, 0.4) is 0 Å². The number of aromatic nitrogens is 3.